The molecule has 1 rings (SSSR count). The van der Waals surface area contributed by atoms with Crippen molar-refractivity contribution < 1.29 is 19.7 Å². The van der Waals surface area contributed by atoms with E-state index in [4.69, 9.17) is 17.3 Å². The van der Waals surface area contributed by atoms with Crippen molar-refractivity contribution in [2.45, 2.75) is 25.6 Å². The Morgan fingerprint density at radius 1 is 1.47 bits per heavy atom. The minimum absolute atomic E-state index is 0.226. The van der Waals surface area contributed by atoms with E-state index in [1.54, 1.807) is 6.92 Å². The van der Waals surface area contributed by atoms with Crippen LogP contribution in [0.3, 0.4) is 0 Å². The molecule has 0 radical (unpaired) electrons. The van der Waals surface area contributed by atoms with Crippen molar-refractivity contribution in [3.8, 4) is 0 Å². The Balaban J connectivity index is 3.16. The number of hydrogen-bond donors (Lipinski definition) is 3. The minimum atomic E-state index is -1.15. The molecule has 0 amide bonds. The number of carbonyl (C=O) groups is 1. The van der Waals surface area contributed by atoms with E-state index >= 15 is 0 Å². The van der Waals surface area contributed by atoms with Crippen molar-refractivity contribution in [2.75, 3.05) is 18.7 Å². The maximum Gasteiger partial charge on any atom is 0.338 e. The first-order valence-corrected chi connectivity index (χ1v) is 6.36. The summed E-state index contributed by atoms with van der Waals surface area (Å²) in [6, 6.07) is 3.00. The van der Waals surface area contributed by atoms with Gasteiger partial charge >= 0.3 is 5.97 Å². The zero-order valence-electron chi connectivity index (χ0n) is 10.9. The SMILES string of the molecule is COC(=O)c1cc(C(O)C(O)CCCl)cc(N)c1C. The molecule has 6 heteroatoms. The molecular formula is C13H18ClNO4. The van der Waals surface area contributed by atoms with E-state index in [1.807, 2.05) is 0 Å². The van der Waals surface area contributed by atoms with Gasteiger partial charge in [0.05, 0.1) is 18.8 Å². The zero-order chi connectivity index (χ0) is 14.6. The summed E-state index contributed by atoms with van der Waals surface area (Å²) in [4.78, 5) is 11.6. The van der Waals surface area contributed by atoms with Gasteiger partial charge in [-0.2, -0.15) is 0 Å². The first-order valence-electron chi connectivity index (χ1n) is 5.82. The number of alkyl halides is 1. The van der Waals surface area contributed by atoms with Gasteiger partial charge in [0.15, 0.2) is 0 Å². The highest BCUT2D eigenvalue weighted by atomic mass is 35.5. The normalized spacial score (nSPS) is 13.9. The van der Waals surface area contributed by atoms with Crippen LogP contribution < -0.4 is 5.73 Å². The maximum absolute atomic E-state index is 11.6. The van der Waals surface area contributed by atoms with E-state index < -0.39 is 18.2 Å². The second kappa shape index (κ2) is 6.75. The number of esters is 1. The maximum atomic E-state index is 11.6. The molecule has 1 aromatic carbocycles. The number of rotatable bonds is 5. The van der Waals surface area contributed by atoms with Crippen LogP contribution in [-0.4, -0.2) is 35.3 Å². The first kappa shape index (κ1) is 15.8. The van der Waals surface area contributed by atoms with Gasteiger partial charge in [0.25, 0.3) is 0 Å². The molecule has 0 aliphatic heterocycles. The smallest absolute Gasteiger partial charge is 0.338 e. The molecule has 2 unspecified atom stereocenters. The van der Waals surface area contributed by atoms with Crippen LogP contribution in [-0.2, 0) is 4.74 Å². The standard InChI is InChI=1S/C13H18ClNO4/c1-7-9(13(18)19-2)5-8(6-10(7)15)12(17)11(16)3-4-14/h5-6,11-12,16-17H,3-4,15H2,1-2H3. The molecule has 5 nitrogen and oxygen atoms in total. The zero-order valence-corrected chi connectivity index (χ0v) is 11.6. The van der Waals surface area contributed by atoms with Gasteiger partial charge in [-0.1, -0.05) is 0 Å². The van der Waals surface area contributed by atoms with Crippen LogP contribution in [0, 0.1) is 6.92 Å². The van der Waals surface area contributed by atoms with Crippen molar-refractivity contribution in [3.05, 3.63) is 28.8 Å². The molecule has 0 aliphatic carbocycles. The Hall–Kier alpha value is -1.30. The van der Waals surface area contributed by atoms with Crippen molar-refractivity contribution >= 4 is 23.3 Å². The number of halogens is 1. The highest BCUT2D eigenvalue weighted by Gasteiger charge is 2.21. The molecule has 0 bridgehead atoms. The second-order valence-electron chi connectivity index (χ2n) is 4.26. The molecule has 0 saturated heterocycles. The third kappa shape index (κ3) is 3.59. The number of nitrogen functional groups attached to an aromatic ring is 1. The highest BCUT2D eigenvalue weighted by Crippen LogP contribution is 2.26. The van der Waals surface area contributed by atoms with Gasteiger partial charge in [-0.25, -0.2) is 4.79 Å². The molecular weight excluding hydrogens is 270 g/mol. The number of aliphatic hydroxyl groups is 2. The van der Waals surface area contributed by atoms with E-state index in [0.29, 0.717) is 16.8 Å². The number of benzene rings is 1. The van der Waals surface area contributed by atoms with E-state index in [2.05, 4.69) is 4.74 Å². The largest absolute Gasteiger partial charge is 0.465 e. The summed E-state index contributed by atoms with van der Waals surface area (Å²) in [6.45, 7) is 1.69. The van der Waals surface area contributed by atoms with Gasteiger partial charge in [-0.15, -0.1) is 11.6 Å². The topological polar surface area (TPSA) is 92.8 Å². The van der Waals surface area contributed by atoms with Gasteiger partial charge in [0, 0.05) is 11.6 Å². The van der Waals surface area contributed by atoms with Gasteiger partial charge < -0.3 is 20.7 Å². The predicted molar refractivity (Wildman–Crippen MR) is 73.2 cm³/mol. The van der Waals surface area contributed by atoms with E-state index in [9.17, 15) is 15.0 Å². The number of ether oxygens (including phenoxy) is 1. The van der Waals surface area contributed by atoms with Crippen LogP contribution in [0.15, 0.2) is 12.1 Å². The van der Waals surface area contributed by atoms with Crippen molar-refractivity contribution in [1.82, 2.24) is 0 Å². The molecule has 1 aromatic rings. The molecule has 106 valence electrons. The Kier molecular flexibility index (Phi) is 5.60. The lowest BCUT2D eigenvalue weighted by Gasteiger charge is -2.19. The third-order valence-corrected chi connectivity index (χ3v) is 3.20. The van der Waals surface area contributed by atoms with E-state index in [0.717, 1.165) is 0 Å². The number of hydrogen-bond acceptors (Lipinski definition) is 5. The van der Waals surface area contributed by atoms with Crippen LogP contribution in [0.5, 0.6) is 0 Å². The summed E-state index contributed by atoms with van der Waals surface area (Å²) in [5.41, 5.74) is 7.37. The molecule has 2 atom stereocenters. The minimum Gasteiger partial charge on any atom is -0.465 e. The fraction of sp³-hybridized carbons (Fsp3) is 0.462. The lowest BCUT2D eigenvalue weighted by molar-refractivity contribution is 0.0169. The summed E-state index contributed by atoms with van der Waals surface area (Å²) in [7, 11) is 1.27. The number of methoxy groups -OCH3 is 1. The Morgan fingerprint density at radius 2 is 2.11 bits per heavy atom. The summed E-state index contributed by atoms with van der Waals surface area (Å²) in [5.74, 6) is -0.311. The number of carbonyl (C=O) groups excluding carboxylic acids is 1. The monoisotopic (exact) mass is 287 g/mol. The summed E-state index contributed by atoms with van der Waals surface area (Å²) >= 11 is 5.52. The Bertz CT molecular complexity index is 464. The van der Waals surface area contributed by atoms with Gasteiger partial charge in [-0.3, -0.25) is 0 Å². The molecule has 0 aliphatic rings. The molecule has 0 saturated carbocycles. The fourth-order valence-electron chi connectivity index (χ4n) is 1.74. The van der Waals surface area contributed by atoms with E-state index in [-0.39, 0.29) is 17.9 Å². The third-order valence-electron chi connectivity index (χ3n) is 2.99. The molecule has 19 heavy (non-hydrogen) atoms. The van der Waals surface area contributed by atoms with Crippen molar-refractivity contribution in [1.29, 1.82) is 0 Å². The van der Waals surface area contributed by atoms with E-state index in [1.165, 1.54) is 19.2 Å². The van der Waals surface area contributed by atoms with Gasteiger partial charge in [0.2, 0.25) is 0 Å². The molecule has 4 N–H and O–H groups in total. The molecule has 0 heterocycles. The predicted octanol–water partition coefficient (Wildman–Crippen LogP) is 1.39. The highest BCUT2D eigenvalue weighted by molar-refractivity contribution is 6.17. The van der Waals surface area contributed by atoms with Crippen molar-refractivity contribution in [2.24, 2.45) is 0 Å². The Labute approximate surface area is 116 Å². The second-order valence-corrected chi connectivity index (χ2v) is 4.64. The van der Waals surface area contributed by atoms with Crippen LogP contribution in [0.4, 0.5) is 5.69 Å². The van der Waals surface area contributed by atoms with Crippen LogP contribution in [0.1, 0.15) is 34.0 Å². The Morgan fingerprint density at radius 3 is 2.63 bits per heavy atom. The van der Waals surface area contributed by atoms with Crippen LogP contribution in [0.25, 0.3) is 0 Å². The molecule has 0 aromatic heterocycles. The number of anilines is 1. The van der Waals surface area contributed by atoms with Gasteiger partial charge in [-0.05, 0) is 36.6 Å². The summed E-state index contributed by atoms with van der Waals surface area (Å²) < 4.78 is 4.66. The average Bonchev–Trinajstić information content (AvgIpc) is 2.40. The fourth-order valence-corrected chi connectivity index (χ4v) is 1.97. The lowest BCUT2D eigenvalue weighted by atomic mass is 9.96. The number of aliphatic hydroxyl groups excluding tert-OH is 2. The van der Waals surface area contributed by atoms with Gasteiger partial charge in [0.1, 0.15) is 6.10 Å². The van der Waals surface area contributed by atoms with Crippen LogP contribution >= 0.6 is 11.6 Å². The molecule has 0 fully saturated rings. The molecule has 0 spiro atoms. The van der Waals surface area contributed by atoms with Crippen LogP contribution in [0.2, 0.25) is 0 Å². The summed E-state index contributed by atoms with van der Waals surface area (Å²) in [5, 5.41) is 19.7. The number of nitrogens with two attached hydrogens (primary N) is 1. The quantitative estimate of drug-likeness (QED) is 0.432. The summed E-state index contributed by atoms with van der Waals surface area (Å²) in [6.07, 6.45) is -1.92. The average molecular weight is 288 g/mol. The van der Waals surface area contributed by atoms with Crippen molar-refractivity contribution in [3.63, 3.8) is 0 Å². The lowest BCUT2D eigenvalue weighted by Crippen LogP contribution is -2.20. The first-order chi connectivity index (χ1) is 8.92.